The van der Waals surface area contributed by atoms with E-state index in [1.54, 1.807) is 0 Å². The molecule has 0 bridgehead atoms. The topological polar surface area (TPSA) is 152 Å². The van der Waals surface area contributed by atoms with E-state index < -0.39 is 59.3 Å². The molecular formula is C23H39N3O8SSi. The van der Waals surface area contributed by atoms with Gasteiger partial charge in [-0.15, -0.1) is 0 Å². The fourth-order valence-corrected chi connectivity index (χ4v) is 6.58. The van der Waals surface area contributed by atoms with E-state index in [4.69, 9.17) is 23.8 Å². The van der Waals surface area contributed by atoms with Crippen LogP contribution in [0.1, 0.15) is 60.6 Å². The molecule has 4 atom stereocenters. The molecule has 1 spiro atoms. The van der Waals surface area contributed by atoms with Crippen LogP contribution in [0.2, 0.25) is 18.1 Å². The Hall–Kier alpha value is -1.77. The number of hydrogen-bond acceptors (Lipinski definition) is 9. The van der Waals surface area contributed by atoms with Gasteiger partial charge in [0.2, 0.25) is 0 Å². The molecule has 0 aliphatic carbocycles. The van der Waals surface area contributed by atoms with Gasteiger partial charge in [-0.2, -0.15) is 8.42 Å². The molecule has 1 fully saturated rings. The third kappa shape index (κ3) is 5.41. The molecule has 0 amide bonds. The van der Waals surface area contributed by atoms with Crippen LogP contribution in [0.25, 0.3) is 0 Å². The Morgan fingerprint density at radius 1 is 1.22 bits per heavy atom. The molecule has 1 saturated heterocycles. The summed E-state index contributed by atoms with van der Waals surface area (Å²) in [6.07, 6.45) is -0.620. The van der Waals surface area contributed by atoms with Crippen LogP contribution in [-0.2, 0) is 28.2 Å². The lowest BCUT2D eigenvalue weighted by Crippen LogP contribution is -2.57. The van der Waals surface area contributed by atoms with Crippen LogP contribution in [0.3, 0.4) is 0 Å². The summed E-state index contributed by atoms with van der Waals surface area (Å²) >= 11 is 0. The molecule has 2 unspecified atom stereocenters. The zero-order valence-corrected chi connectivity index (χ0v) is 24.1. The number of H-pyrrole nitrogens is 1. The number of aromatic nitrogens is 2. The monoisotopic (exact) mass is 545 g/mol. The second-order valence-electron chi connectivity index (χ2n) is 11.6. The normalized spacial score (nSPS) is 28.6. The third-order valence-electron chi connectivity index (χ3n) is 7.27. The average molecular weight is 546 g/mol. The van der Waals surface area contributed by atoms with Gasteiger partial charge in [0.15, 0.2) is 20.1 Å². The second-order valence-corrected chi connectivity index (χ2v) is 17.8. The molecule has 3 N–H and O–H groups in total. The first-order chi connectivity index (χ1) is 16.4. The lowest BCUT2D eigenvalue weighted by Gasteiger charge is -2.40. The molecule has 0 aromatic carbocycles. The minimum absolute atomic E-state index is 0.0385. The Morgan fingerprint density at radius 2 is 1.86 bits per heavy atom. The number of nitrogens with zero attached hydrogens (tertiary/aromatic N) is 1. The van der Waals surface area contributed by atoms with Crippen LogP contribution in [0, 0.1) is 0 Å². The maximum Gasteiger partial charge on any atom is 0.330 e. The highest BCUT2D eigenvalue weighted by molar-refractivity contribution is 7.90. The largest absolute Gasteiger partial charge is 0.414 e. The summed E-state index contributed by atoms with van der Waals surface area (Å²) in [6, 6.07) is 1.18. The van der Waals surface area contributed by atoms with E-state index >= 15 is 0 Å². The van der Waals surface area contributed by atoms with Gasteiger partial charge < -0.3 is 19.6 Å². The third-order valence-corrected chi connectivity index (χ3v) is 12.8. The molecule has 3 heterocycles. The summed E-state index contributed by atoms with van der Waals surface area (Å²) in [5, 5.41) is 0.730. The molecule has 0 saturated carbocycles. The highest BCUT2D eigenvalue weighted by Gasteiger charge is 2.67. The van der Waals surface area contributed by atoms with Gasteiger partial charge in [-0.3, -0.25) is 14.3 Å². The van der Waals surface area contributed by atoms with E-state index in [0.717, 1.165) is 16.4 Å². The number of nitrogens with one attached hydrogen (secondary N) is 1. The molecule has 11 nitrogen and oxygen atoms in total. The summed E-state index contributed by atoms with van der Waals surface area (Å²) in [5.74, 6) is 0. The van der Waals surface area contributed by atoms with Gasteiger partial charge in [-0.05, 0) is 38.4 Å². The van der Waals surface area contributed by atoms with Crippen molar-refractivity contribution in [1.29, 1.82) is 0 Å². The predicted octanol–water partition coefficient (Wildman–Crippen LogP) is 2.32. The van der Waals surface area contributed by atoms with E-state index in [2.05, 4.69) is 38.8 Å². The standard InChI is InChI=1S/C23H39N3O8SSi/c1-9-11-22(5,6)33-18-19(26-12-10-17(27)25-20(26)28)32-16(13-31-36(7,8)21(2,3)4)23(18)15(24)14-35(29,30)34-23/h10,12,14,16,18-19H,9,11,13,24H2,1-8H3,(H,25,27,28)/t16?,18-,19+,23?/m0/s1. The first-order valence-electron chi connectivity index (χ1n) is 12.1. The Kier molecular flexibility index (Phi) is 7.61. The first-order valence-corrected chi connectivity index (χ1v) is 16.5. The van der Waals surface area contributed by atoms with Crippen molar-refractivity contribution in [2.75, 3.05) is 6.61 Å². The molecule has 2 aliphatic heterocycles. The van der Waals surface area contributed by atoms with Gasteiger partial charge in [0, 0.05) is 12.3 Å². The van der Waals surface area contributed by atoms with Gasteiger partial charge >= 0.3 is 5.69 Å². The van der Waals surface area contributed by atoms with Crippen LogP contribution < -0.4 is 17.0 Å². The maximum atomic E-state index is 12.8. The quantitative estimate of drug-likeness (QED) is 0.370. The smallest absolute Gasteiger partial charge is 0.330 e. The van der Waals surface area contributed by atoms with Crippen molar-refractivity contribution in [1.82, 2.24) is 9.55 Å². The number of hydrogen-bond donors (Lipinski definition) is 2. The van der Waals surface area contributed by atoms with E-state index in [1.165, 1.54) is 12.3 Å². The van der Waals surface area contributed by atoms with Crippen molar-refractivity contribution in [2.45, 2.75) is 102 Å². The molecule has 204 valence electrons. The van der Waals surface area contributed by atoms with E-state index in [1.807, 2.05) is 20.8 Å². The van der Waals surface area contributed by atoms with Crippen molar-refractivity contribution in [3.05, 3.63) is 44.2 Å². The molecule has 36 heavy (non-hydrogen) atoms. The zero-order chi connectivity index (χ0) is 27.3. The van der Waals surface area contributed by atoms with Gasteiger partial charge in [0.25, 0.3) is 15.7 Å². The van der Waals surface area contributed by atoms with Crippen LogP contribution in [0.15, 0.2) is 33.0 Å². The summed E-state index contributed by atoms with van der Waals surface area (Å²) in [4.78, 5) is 26.7. The number of rotatable bonds is 8. The Morgan fingerprint density at radius 3 is 2.36 bits per heavy atom. The molecule has 1 aromatic rings. The zero-order valence-electron chi connectivity index (χ0n) is 22.3. The Balaban J connectivity index is 2.16. The van der Waals surface area contributed by atoms with Gasteiger partial charge in [0.05, 0.1) is 23.3 Å². The Labute approximate surface area is 213 Å². The number of ether oxygens (including phenoxy) is 2. The van der Waals surface area contributed by atoms with E-state index in [0.29, 0.717) is 6.42 Å². The van der Waals surface area contributed by atoms with Crippen molar-refractivity contribution in [3.8, 4) is 0 Å². The Bertz CT molecular complexity index is 1230. The summed E-state index contributed by atoms with van der Waals surface area (Å²) < 4.78 is 51.4. The van der Waals surface area contributed by atoms with Crippen molar-refractivity contribution in [2.24, 2.45) is 5.73 Å². The highest BCUT2D eigenvalue weighted by Crippen LogP contribution is 2.50. The number of aromatic amines is 1. The highest BCUT2D eigenvalue weighted by atomic mass is 32.2. The molecule has 0 radical (unpaired) electrons. The lowest BCUT2D eigenvalue weighted by molar-refractivity contribution is -0.151. The number of nitrogens with two attached hydrogens (primary N) is 1. The molecular weight excluding hydrogens is 506 g/mol. The van der Waals surface area contributed by atoms with Crippen molar-refractivity contribution < 1.29 is 26.5 Å². The van der Waals surface area contributed by atoms with E-state index in [-0.39, 0.29) is 17.3 Å². The second kappa shape index (κ2) is 9.51. The predicted molar refractivity (Wildman–Crippen MR) is 137 cm³/mol. The van der Waals surface area contributed by atoms with Gasteiger partial charge in [0.1, 0.15) is 12.2 Å². The minimum atomic E-state index is -4.16. The fourth-order valence-electron chi connectivity index (χ4n) is 4.35. The molecule has 13 heteroatoms. The van der Waals surface area contributed by atoms with Crippen LogP contribution >= 0.6 is 0 Å². The van der Waals surface area contributed by atoms with Gasteiger partial charge in [-0.1, -0.05) is 34.1 Å². The average Bonchev–Trinajstić information content (AvgIpc) is 3.12. The fraction of sp³-hybridized carbons (Fsp3) is 0.739. The van der Waals surface area contributed by atoms with Crippen molar-refractivity contribution in [3.63, 3.8) is 0 Å². The lowest BCUT2D eigenvalue weighted by atomic mass is 9.88. The molecule has 3 rings (SSSR count). The summed E-state index contributed by atoms with van der Waals surface area (Å²) in [6.45, 7) is 16.0. The van der Waals surface area contributed by atoms with E-state index in [9.17, 15) is 18.0 Å². The van der Waals surface area contributed by atoms with Crippen molar-refractivity contribution >= 4 is 18.4 Å². The first kappa shape index (κ1) is 28.8. The minimum Gasteiger partial charge on any atom is -0.414 e. The van der Waals surface area contributed by atoms with Crippen LogP contribution in [0.4, 0.5) is 0 Å². The van der Waals surface area contributed by atoms with Crippen LogP contribution in [0.5, 0.6) is 0 Å². The summed E-state index contributed by atoms with van der Waals surface area (Å²) in [5.41, 5.74) is 2.43. The van der Waals surface area contributed by atoms with Crippen LogP contribution in [-0.4, -0.2) is 56.3 Å². The molecule has 1 aromatic heterocycles. The SMILES string of the molecule is CCCC(C)(C)O[C@H]1[C@H](n2ccc(=O)[nH]c2=O)OC(CO[Si](C)(C)C(C)(C)C)C12OS(=O)(=O)C=C2N. The molecule has 2 aliphatic rings. The maximum absolute atomic E-state index is 12.8. The van der Waals surface area contributed by atoms with Gasteiger partial charge in [-0.25, -0.2) is 8.98 Å². The summed E-state index contributed by atoms with van der Waals surface area (Å²) in [7, 11) is -6.46.